The topological polar surface area (TPSA) is 73.6 Å². The molecule has 5 nitrogen and oxygen atoms in total. The van der Waals surface area contributed by atoms with E-state index in [9.17, 15) is 4.79 Å². The molecule has 1 aliphatic heterocycles. The summed E-state index contributed by atoms with van der Waals surface area (Å²) >= 11 is 0. The van der Waals surface area contributed by atoms with Gasteiger partial charge in [0.25, 0.3) is 0 Å². The largest absolute Gasteiger partial charge is 0.462 e. The maximum absolute atomic E-state index is 11.4. The van der Waals surface area contributed by atoms with Crippen LogP contribution in [0.5, 0.6) is 0 Å². The van der Waals surface area contributed by atoms with E-state index in [1.807, 2.05) is 13.8 Å². The van der Waals surface area contributed by atoms with Gasteiger partial charge in [-0.3, -0.25) is 4.79 Å². The van der Waals surface area contributed by atoms with Crippen LogP contribution in [0.3, 0.4) is 0 Å². The minimum atomic E-state index is -0.540. The van der Waals surface area contributed by atoms with Crippen molar-refractivity contribution in [3.8, 4) is 0 Å². The third kappa shape index (κ3) is 4.15. The van der Waals surface area contributed by atoms with Gasteiger partial charge in [0, 0.05) is 13.1 Å². The van der Waals surface area contributed by atoms with Crippen molar-refractivity contribution >= 4 is 5.97 Å². The van der Waals surface area contributed by atoms with Gasteiger partial charge in [-0.2, -0.15) is 0 Å². The number of carbonyl (C=O) groups excluding carboxylic acids is 1. The number of ether oxygens (including phenoxy) is 2. The van der Waals surface area contributed by atoms with Crippen LogP contribution in [-0.4, -0.2) is 44.4 Å². The number of hydrogen-bond acceptors (Lipinski definition) is 5. The Bertz CT molecular complexity index is 203. The lowest BCUT2D eigenvalue weighted by atomic mass is 10.1. The van der Waals surface area contributed by atoms with Crippen LogP contribution in [0.25, 0.3) is 0 Å². The second kappa shape index (κ2) is 6.05. The maximum atomic E-state index is 11.4. The summed E-state index contributed by atoms with van der Waals surface area (Å²) in [6, 6.07) is -0.540. The van der Waals surface area contributed by atoms with Crippen molar-refractivity contribution in [3.05, 3.63) is 0 Å². The first-order valence-corrected chi connectivity index (χ1v) is 5.35. The molecule has 0 saturated carbocycles. The number of nitrogens with two attached hydrogens (primary N) is 1. The van der Waals surface area contributed by atoms with E-state index in [1.54, 1.807) is 0 Å². The standard InChI is InChI=1S/C10H20N2O3/c1-7(2)9(11)10(13)15-6-8-5-12-3-4-14-8/h7-9,12H,3-6,11H2,1-2H3/t8-,9-/m0/s1. The number of nitrogens with one attached hydrogen (secondary N) is 1. The van der Waals surface area contributed by atoms with Crippen LogP contribution in [0.2, 0.25) is 0 Å². The van der Waals surface area contributed by atoms with Gasteiger partial charge in [-0.15, -0.1) is 0 Å². The quantitative estimate of drug-likeness (QED) is 0.620. The predicted molar refractivity (Wildman–Crippen MR) is 56.4 cm³/mol. The van der Waals surface area contributed by atoms with Gasteiger partial charge in [0.1, 0.15) is 18.8 Å². The highest BCUT2D eigenvalue weighted by molar-refractivity contribution is 5.75. The number of esters is 1. The first kappa shape index (κ1) is 12.4. The Kier molecular flexibility index (Phi) is 5.01. The summed E-state index contributed by atoms with van der Waals surface area (Å²) in [6.45, 7) is 6.32. The summed E-state index contributed by atoms with van der Waals surface area (Å²) in [5.41, 5.74) is 5.64. The van der Waals surface area contributed by atoms with Crippen molar-refractivity contribution in [1.29, 1.82) is 0 Å². The van der Waals surface area contributed by atoms with Gasteiger partial charge in [-0.05, 0) is 5.92 Å². The van der Waals surface area contributed by atoms with Gasteiger partial charge in [-0.1, -0.05) is 13.8 Å². The molecule has 0 unspecified atom stereocenters. The van der Waals surface area contributed by atoms with Gasteiger partial charge >= 0.3 is 5.97 Å². The predicted octanol–water partition coefficient (Wildman–Crippen LogP) is -0.499. The summed E-state index contributed by atoms with van der Waals surface area (Å²) in [6.07, 6.45) is -0.0398. The van der Waals surface area contributed by atoms with Gasteiger partial charge in [0.05, 0.1) is 6.61 Å². The van der Waals surface area contributed by atoms with Crippen molar-refractivity contribution in [2.75, 3.05) is 26.3 Å². The average molecular weight is 216 g/mol. The van der Waals surface area contributed by atoms with E-state index in [0.717, 1.165) is 13.1 Å². The summed E-state index contributed by atoms with van der Waals surface area (Å²) in [5.74, 6) is -0.248. The maximum Gasteiger partial charge on any atom is 0.323 e. The minimum absolute atomic E-state index is 0.0398. The molecular weight excluding hydrogens is 196 g/mol. The molecule has 3 N–H and O–H groups in total. The fraction of sp³-hybridized carbons (Fsp3) is 0.900. The Hall–Kier alpha value is -0.650. The molecule has 0 aromatic rings. The number of hydrogen-bond donors (Lipinski definition) is 2. The second-order valence-corrected chi connectivity index (χ2v) is 4.10. The van der Waals surface area contributed by atoms with E-state index >= 15 is 0 Å². The van der Waals surface area contributed by atoms with E-state index in [1.165, 1.54) is 0 Å². The molecule has 0 spiro atoms. The molecule has 1 fully saturated rings. The fourth-order valence-corrected chi connectivity index (χ4v) is 1.27. The number of rotatable bonds is 4. The zero-order valence-corrected chi connectivity index (χ0v) is 9.36. The molecular formula is C10H20N2O3. The minimum Gasteiger partial charge on any atom is -0.462 e. The molecule has 1 heterocycles. The molecule has 1 saturated heterocycles. The van der Waals surface area contributed by atoms with Crippen molar-refractivity contribution < 1.29 is 14.3 Å². The molecule has 1 aliphatic rings. The van der Waals surface area contributed by atoms with Gasteiger partial charge < -0.3 is 20.5 Å². The van der Waals surface area contributed by atoms with Crippen LogP contribution in [0.1, 0.15) is 13.8 Å². The van der Waals surface area contributed by atoms with Gasteiger partial charge in [-0.25, -0.2) is 0 Å². The molecule has 5 heteroatoms. The summed E-state index contributed by atoms with van der Waals surface area (Å²) in [4.78, 5) is 11.4. The molecule has 2 atom stereocenters. The van der Waals surface area contributed by atoms with Crippen LogP contribution in [0, 0.1) is 5.92 Å². The smallest absolute Gasteiger partial charge is 0.323 e. The molecule has 88 valence electrons. The average Bonchev–Trinajstić information content (AvgIpc) is 2.26. The normalized spacial score (nSPS) is 23.9. The second-order valence-electron chi connectivity index (χ2n) is 4.10. The van der Waals surface area contributed by atoms with E-state index in [-0.39, 0.29) is 24.6 Å². The number of carbonyl (C=O) groups is 1. The Labute approximate surface area is 90.3 Å². The SMILES string of the molecule is CC(C)[C@H](N)C(=O)OC[C@@H]1CNCCO1. The van der Waals surface area contributed by atoms with Crippen LogP contribution >= 0.6 is 0 Å². The monoisotopic (exact) mass is 216 g/mol. The lowest BCUT2D eigenvalue weighted by molar-refractivity contribution is -0.151. The van der Waals surface area contributed by atoms with Crippen LogP contribution in [-0.2, 0) is 14.3 Å². The van der Waals surface area contributed by atoms with Crippen molar-refractivity contribution in [1.82, 2.24) is 5.32 Å². The van der Waals surface area contributed by atoms with Crippen LogP contribution in [0.15, 0.2) is 0 Å². The van der Waals surface area contributed by atoms with Crippen molar-refractivity contribution in [2.45, 2.75) is 26.0 Å². The summed E-state index contributed by atoms with van der Waals surface area (Å²) < 4.78 is 10.5. The van der Waals surface area contributed by atoms with Gasteiger partial charge in [0.2, 0.25) is 0 Å². The molecule has 0 aromatic heterocycles. The molecule has 0 aromatic carbocycles. The molecule has 0 amide bonds. The highest BCUT2D eigenvalue weighted by atomic mass is 16.6. The van der Waals surface area contributed by atoms with E-state index in [0.29, 0.717) is 6.61 Å². The Morgan fingerprint density at radius 3 is 2.93 bits per heavy atom. The zero-order valence-electron chi connectivity index (χ0n) is 9.36. The van der Waals surface area contributed by atoms with Crippen LogP contribution in [0.4, 0.5) is 0 Å². The lowest BCUT2D eigenvalue weighted by Crippen LogP contribution is -2.43. The van der Waals surface area contributed by atoms with E-state index in [4.69, 9.17) is 15.2 Å². The third-order valence-electron chi connectivity index (χ3n) is 2.41. The Morgan fingerprint density at radius 1 is 1.67 bits per heavy atom. The van der Waals surface area contributed by atoms with Gasteiger partial charge in [0.15, 0.2) is 0 Å². The first-order valence-electron chi connectivity index (χ1n) is 5.35. The number of morpholine rings is 1. The Balaban J connectivity index is 2.20. The Morgan fingerprint density at radius 2 is 2.40 bits per heavy atom. The van der Waals surface area contributed by atoms with Crippen molar-refractivity contribution in [3.63, 3.8) is 0 Å². The van der Waals surface area contributed by atoms with E-state index in [2.05, 4.69) is 5.32 Å². The molecule has 0 bridgehead atoms. The summed E-state index contributed by atoms with van der Waals surface area (Å²) in [5, 5.41) is 3.16. The highest BCUT2D eigenvalue weighted by Gasteiger charge is 2.21. The molecule has 0 aliphatic carbocycles. The molecule has 15 heavy (non-hydrogen) atoms. The molecule has 0 radical (unpaired) electrons. The first-order chi connectivity index (χ1) is 7.11. The highest BCUT2D eigenvalue weighted by Crippen LogP contribution is 2.02. The van der Waals surface area contributed by atoms with Crippen LogP contribution < -0.4 is 11.1 Å². The van der Waals surface area contributed by atoms with Crippen molar-refractivity contribution in [2.24, 2.45) is 11.7 Å². The lowest BCUT2D eigenvalue weighted by Gasteiger charge is -2.24. The molecule has 1 rings (SSSR count). The third-order valence-corrected chi connectivity index (χ3v) is 2.41. The fourth-order valence-electron chi connectivity index (χ4n) is 1.27. The zero-order chi connectivity index (χ0) is 11.3. The summed E-state index contributed by atoms with van der Waals surface area (Å²) in [7, 11) is 0. The van der Waals surface area contributed by atoms with E-state index < -0.39 is 6.04 Å².